The van der Waals surface area contributed by atoms with Gasteiger partial charge < -0.3 is 10.1 Å². The van der Waals surface area contributed by atoms with Crippen LogP contribution in [-0.2, 0) is 0 Å². The van der Waals surface area contributed by atoms with Crippen molar-refractivity contribution in [2.45, 2.75) is 45.3 Å². The van der Waals surface area contributed by atoms with Crippen LogP contribution in [0.15, 0.2) is 18.3 Å². The van der Waals surface area contributed by atoms with Gasteiger partial charge in [0.05, 0.1) is 11.9 Å². The lowest BCUT2D eigenvalue weighted by atomic mass is 9.80. The second kappa shape index (κ2) is 6.54. The van der Waals surface area contributed by atoms with Gasteiger partial charge in [0.25, 0.3) is 0 Å². The first-order valence-corrected chi connectivity index (χ1v) is 7.25. The fourth-order valence-corrected chi connectivity index (χ4v) is 2.80. The van der Waals surface area contributed by atoms with Crippen LogP contribution in [0.1, 0.15) is 33.1 Å². The predicted molar refractivity (Wildman–Crippen MR) is 75.4 cm³/mol. The summed E-state index contributed by atoms with van der Waals surface area (Å²) in [6.07, 6.45) is 0.679. The maximum Gasteiger partial charge on any atom is 0.422 e. The van der Waals surface area contributed by atoms with E-state index in [1.807, 2.05) is 0 Å². The first kappa shape index (κ1) is 15.9. The van der Waals surface area contributed by atoms with Gasteiger partial charge in [0.2, 0.25) is 5.88 Å². The average Bonchev–Trinajstić information content (AvgIpc) is 2.40. The Hall–Kier alpha value is -1.46. The number of ether oxygens (including phenoxy) is 1. The van der Waals surface area contributed by atoms with E-state index in [0.717, 1.165) is 18.0 Å². The zero-order chi connectivity index (χ0) is 15.5. The van der Waals surface area contributed by atoms with E-state index in [4.69, 9.17) is 0 Å². The summed E-state index contributed by atoms with van der Waals surface area (Å²) in [6.45, 7) is 3.17. The monoisotopic (exact) mass is 302 g/mol. The summed E-state index contributed by atoms with van der Waals surface area (Å²) >= 11 is 0. The fourth-order valence-electron chi connectivity index (χ4n) is 2.80. The average molecular weight is 302 g/mol. The van der Waals surface area contributed by atoms with Crippen LogP contribution >= 0.6 is 0 Å². The molecule has 3 nitrogen and oxygen atoms in total. The maximum absolute atomic E-state index is 12.0. The molecule has 3 atom stereocenters. The van der Waals surface area contributed by atoms with Gasteiger partial charge in [0.15, 0.2) is 6.61 Å². The molecular formula is C15H21F3N2O. The van der Waals surface area contributed by atoms with Crippen LogP contribution in [0.5, 0.6) is 5.88 Å². The van der Waals surface area contributed by atoms with Gasteiger partial charge in [0.1, 0.15) is 0 Å². The summed E-state index contributed by atoms with van der Waals surface area (Å²) in [7, 11) is 0. The quantitative estimate of drug-likeness (QED) is 0.902. The highest BCUT2D eigenvalue weighted by Gasteiger charge is 2.28. The molecule has 0 spiro atoms. The van der Waals surface area contributed by atoms with Crippen molar-refractivity contribution in [1.29, 1.82) is 0 Å². The van der Waals surface area contributed by atoms with Gasteiger partial charge in [-0.2, -0.15) is 13.2 Å². The molecule has 1 aliphatic rings. The minimum atomic E-state index is -4.34. The highest BCUT2D eigenvalue weighted by molar-refractivity contribution is 5.43. The molecule has 6 heteroatoms. The first-order valence-electron chi connectivity index (χ1n) is 7.25. The van der Waals surface area contributed by atoms with E-state index >= 15 is 0 Å². The number of nitrogens with zero attached hydrogens (tertiary/aromatic N) is 1. The Labute approximate surface area is 122 Å². The molecule has 2 rings (SSSR count). The van der Waals surface area contributed by atoms with Crippen molar-refractivity contribution >= 4 is 5.69 Å². The molecule has 0 aromatic carbocycles. The normalized spacial score (nSPS) is 26.4. The van der Waals surface area contributed by atoms with Gasteiger partial charge in [-0.15, -0.1) is 0 Å². The zero-order valence-corrected chi connectivity index (χ0v) is 12.3. The summed E-state index contributed by atoms with van der Waals surface area (Å²) in [4.78, 5) is 3.90. The summed E-state index contributed by atoms with van der Waals surface area (Å²) in [5.41, 5.74) is 0.820. The summed E-state index contributed by atoms with van der Waals surface area (Å²) in [5.74, 6) is 1.33. The molecule has 0 radical (unpaired) electrons. The van der Waals surface area contributed by atoms with Crippen molar-refractivity contribution < 1.29 is 17.9 Å². The van der Waals surface area contributed by atoms with E-state index in [1.165, 1.54) is 25.1 Å². The molecule has 118 valence electrons. The highest BCUT2D eigenvalue weighted by atomic mass is 19.4. The van der Waals surface area contributed by atoms with Gasteiger partial charge >= 0.3 is 6.18 Å². The van der Waals surface area contributed by atoms with Gasteiger partial charge in [-0.05, 0) is 37.2 Å². The zero-order valence-electron chi connectivity index (χ0n) is 12.3. The molecule has 1 N–H and O–H groups in total. The number of hydrogen-bond donors (Lipinski definition) is 1. The molecule has 1 saturated carbocycles. The van der Waals surface area contributed by atoms with Crippen LogP contribution in [-0.4, -0.2) is 23.8 Å². The highest BCUT2D eigenvalue weighted by Crippen LogP contribution is 2.30. The number of alkyl halides is 3. The molecule has 1 aliphatic carbocycles. The van der Waals surface area contributed by atoms with Crippen molar-refractivity contribution in [3.63, 3.8) is 0 Å². The lowest BCUT2D eigenvalue weighted by molar-refractivity contribution is -0.154. The molecular weight excluding hydrogens is 281 g/mol. The molecule has 0 bridgehead atoms. The van der Waals surface area contributed by atoms with E-state index in [-0.39, 0.29) is 5.88 Å². The molecule has 0 aliphatic heterocycles. The Bertz CT molecular complexity index is 447. The predicted octanol–water partition coefficient (Wildman–Crippen LogP) is 4.26. The standard InChI is InChI=1S/C15H21F3N2O/c1-10-3-5-13(11(2)7-10)20-12-4-6-14(19-8-12)21-9-15(16,17)18/h4,6,8,10-11,13,20H,3,5,7,9H2,1-2H3. The van der Waals surface area contributed by atoms with Crippen LogP contribution < -0.4 is 10.1 Å². The Morgan fingerprint density at radius 3 is 2.62 bits per heavy atom. The number of aromatic nitrogens is 1. The number of nitrogens with one attached hydrogen (secondary N) is 1. The van der Waals surface area contributed by atoms with Crippen molar-refractivity contribution in [2.75, 3.05) is 11.9 Å². The smallest absolute Gasteiger partial charge is 0.422 e. The molecule has 21 heavy (non-hydrogen) atoms. The van der Waals surface area contributed by atoms with Gasteiger partial charge in [-0.3, -0.25) is 0 Å². The first-order chi connectivity index (χ1) is 9.83. The molecule has 1 aromatic rings. The van der Waals surface area contributed by atoms with Crippen LogP contribution in [0.4, 0.5) is 18.9 Å². The van der Waals surface area contributed by atoms with E-state index in [1.54, 1.807) is 6.07 Å². The number of rotatable bonds is 4. The Morgan fingerprint density at radius 1 is 1.29 bits per heavy atom. The van der Waals surface area contributed by atoms with E-state index in [0.29, 0.717) is 12.0 Å². The van der Waals surface area contributed by atoms with Crippen molar-refractivity contribution in [1.82, 2.24) is 4.98 Å². The van der Waals surface area contributed by atoms with Gasteiger partial charge in [0, 0.05) is 12.1 Å². The summed E-state index contributed by atoms with van der Waals surface area (Å²) in [5, 5.41) is 3.41. The van der Waals surface area contributed by atoms with Crippen LogP contribution in [0.25, 0.3) is 0 Å². The summed E-state index contributed by atoms with van der Waals surface area (Å²) in [6, 6.07) is 3.57. The Morgan fingerprint density at radius 2 is 2.05 bits per heavy atom. The largest absolute Gasteiger partial charge is 0.468 e. The van der Waals surface area contributed by atoms with Crippen LogP contribution in [0, 0.1) is 11.8 Å². The van der Waals surface area contributed by atoms with Crippen LogP contribution in [0.2, 0.25) is 0 Å². The maximum atomic E-state index is 12.0. The number of halogens is 3. The van der Waals surface area contributed by atoms with Crippen molar-refractivity contribution in [3.8, 4) is 5.88 Å². The second-order valence-corrected chi connectivity index (χ2v) is 5.94. The topological polar surface area (TPSA) is 34.1 Å². The summed E-state index contributed by atoms with van der Waals surface area (Å²) < 4.78 is 40.7. The van der Waals surface area contributed by atoms with Crippen molar-refractivity contribution in [3.05, 3.63) is 18.3 Å². The lowest BCUT2D eigenvalue weighted by Crippen LogP contribution is -2.33. The Balaban J connectivity index is 1.87. The molecule has 0 saturated heterocycles. The second-order valence-electron chi connectivity index (χ2n) is 5.94. The Kier molecular flexibility index (Phi) is 4.96. The SMILES string of the molecule is CC1CCC(Nc2ccc(OCC(F)(F)F)nc2)C(C)C1. The van der Waals surface area contributed by atoms with Gasteiger partial charge in [-0.25, -0.2) is 4.98 Å². The minimum Gasteiger partial charge on any atom is -0.468 e. The minimum absolute atomic E-state index is 0.0109. The third-order valence-electron chi connectivity index (χ3n) is 3.90. The number of anilines is 1. The fraction of sp³-hybridized carbons (Fsp3) is 0.667. The molecule has 3 unspecified atom stereocenters. The lowest BCUT2D eigenvalue weighted by Gasteiger charge is -2.33. The molecule has 1 fully saturated rings. The van der Waals surface area contributed by atoms with Crippen molar-refractivity contribution in [2.24, 2.45) is 11.8 Å². The van der Waals surface area contributed by atoms with Crippen LogP contribution in [0.3, 0.4) is 0 Å². The molecule has 1 aromatic heterocycles. The van der Waals surface area contributed by atoms with Gasteiger partial charge in [-0.1, -0.05) is 13.8 Å². The van der Waals surface area contributed by atoms with E-state index in [2.05, 4.69) is 28.9 Å². The third-order valence-corrected chi connectivity index (χ3v) is 3.90. The van der Waals surface area contributed by atoms with E-state index in [9.17, 15) is 13.2 Å². The molecule has 1 heterocycles. The molecule has 0 amide bonds. The third kappa shape index (κ3) is 5.10. The number of hydrogen-bond acceptors (Lipinski definition) is 3. The number of pyridine rings is 1. The van der Waals surface area contributed by atoms with E-state index < -0.39 is 12.8 Å².